The van der Waals surface area contributed by atoms with E-state index in [1.54, 1.807) is 14.2 Å². The number of rotatable bonds is 6. The maximum absolute atomic E-state index is 5.70. The Hall–Kier alpha value is -2.79. The second kappa shape index (κ2) is 7.19. The van der Waals surface area contributed by atoms with Crippen molar-refractivity contribution in [2.45, 2.75) is 6.42 Å². The number of nitrogens with two attached hydrogens (primary N) is 1. The lowest BCUT2D eigenvalue weighted by atomic mass is 10.0. The van der Waals surface area contributed by atoms with E-state index in [-0.39, 0.29) is 0 Å². The summed E-state index contributed by atoms with van der Waals surface area (Å²) in [6.45, 7) is 0.582. The monoisotopic (exact) mass is 323 g/mol. The largest absolute Gasteiger partial charge is 0.493 e. The van der Waals surface area contributed by atoms with Gasteiger partial charge in [0.15, 0.2) is 11.5 Å². The summed E-state index contributed by atoms with van der Waals surface area (Å²) in [6, 6.07) is 14.0. The van der Waals surface area contributed by atoms with Crippen molar-refractivity contribution in [3.05, 3.63) is 60.4 Å². The minimum Gasteiger partial charge on any atom is -0.493 e. The van der Waals surface area contributed by atoms with Crippen molar-refractivity contribution in [3.63, 3.8) is 0 Å². The van der Waals surface area contributed by atoms with Crippen LogP contribution >= 0.6 is 0 Å². The van der Waals surface area contributed by atoms with Crippen LogP contribution in [0, 0.1) is 0 Å². The van der Waals surface area contributed by atoms with Crippen LogP contribution in [0.1, 0.15) is 5.56 Å². The fraction of sp³-hybridized carbons (Fsp3) is 0.211. The molecule has 24 heavy (non-hydrogen) atoms. The number of para-hydroxylation sites is 1. The smallest absolute Gasteiger partial charge is 0.168 e. The Bertz CT molecular complexity index is 813. The van der Waals surface area contributed by atoms with Gasteiger partial charge < -0.3 is 15.2 Å². The van der Waals surface area contributed by atoms with Gasteiger partial charge in [-0.15, -0.1) is 0 Å². The maximum atomic E-state index is 5.70. The first kappa shape index (κ1) is 16.1. The number of benzene rings is 2. The average molecular weight is 323 g/mol. The number of ether oxygens (including phenoxy) is 2. The summed E-state index contributed by atoms with van der Waals surface area (Å²) in [7, 11) is 3.28. The van der Waals surface area contributed by atoms with Gasteiger partial charge in [0.05, 0.1) is 26.1 Å². The van der Waals surface area contributed by atoms with Crippen molar-refractivity contribution >= 4 is 0 Å². The van der Waals surface area contributed by atoms with E-state index in [1.165, 1.54) is 0 Å². The molecule has 0 atom stereocenters. The second-order valence-electron chi connectivity index (χ2n) is 5.43. The molecule has 124 valence electrons. The van der Waals surface area contributed by atoms with Crippen LogP contribution in [-0.4, -0.2) is 30.5 Å². The molecule has 2 aromatic carbocycles. The third-order valence-electron chi connectivity index (χ3n) is 3.89. The summed E-state index contributed by atoms with van der Waals surface area (Å²) in [5.74, 6) is 1.40. The van der Waals surface area contributed by atoms with Crippen molar-refractivity contribution in [2.24, 2.45) is 5.73 Å². The summed E-state index contributed by atoms with van der Waals surface area (Å²) >= 11 is 0. The van der Waals surface area contributed by atoms with Crippen molar-refractivity contribution in [3.8, 4) is 28.3 Å². The van der Waals surface area contributed by atoms with E-state index in [0.29, 0.717) is 18.0 Å². The zero-order chi connectivity index (χ0) is 16.9. The lowest BCUT2D eigenvalue weighted by Gasteiger charge is -2.14. The Morgan fingerprint density at radius 1 is 1.08 bits per heavy atom. The highest BCUT2D eigenvalue weighted by molar-refractivity contribution is 5.74. The molecule has 0 radical (unpaired) electrons. The van der Waals surface area contributed by atoms with Crippen molar-refractivity contribution in [1.29, 1.82) is 0 Å². The van der Waals surface area contributed by atoms with Gasteiger partial charge in [-0.3, -0.25) is 0 Å². The zero-order valence-electron chi connectivity index (χ0n) is 13.9. The normalized spacial score (nSPS) is 10.6. The molecule has 0 saturated heterocycles. The summed E-state index contributed by atoms with van der Waals surface area (Å²) < 4.78 is 12.9. The molecular weight excluding hydrogens is 302 g/mol. The summed E-state index contributed by atoms with van der Waals surface area (Å²) in [4.78, 5) is 0. The fourth-order valence-electron chi connectivity index (χ4n) is 2.73. The molecule has 0 bridgehead atoms. The quantitative estimate of drug-likeness (QED) is 0.757. The first-order chi connectivity index (χ1) is 11.8. The highest BCUT2D eigenvalue weighted by Gasteiger charge is 2.15. The van der Waals surface area contributed by atoms with Crippen molar-refractivity contribution in [1.82, 2.24) is 9.78 Å². The number of hydrogen-bond acceptors (Lipinski definition) is 4. The summed E-state index contributed by atoms with van der Waals surface area (Å²) in [6.07, 6.45) is 4.59. The standard InChI is InChI=1S/C19H21N3O2/c1-23-18-11-14(8-9-20)10-17(19(18)24-2)15-12-21-22(13-15)16-6-4-3-5-7-16/h3-7,10-13H,8-9,20H2,1-2H3. The van der Waals surface area contributed by atoms with E-state index in [9.17, 15) is 0 Å². The molecule has 3 rings (SSSR count). The number of hydrogen-bond donors (Lipinski definition) is 1. The topological polar surface area (TPSA) is 62.3 Å². The molecule has 5 heteroatoms. The Morgan fingerprint density at radius 2 is 1.88 bits per heavy atom. The minimum atomic E-state index is 0.582. The summed E-state index contributed by atoms with van der Waals surface area (Å²) in [5.41, 5.74) is 9.73. The van der Waals surface area contributed by atoms with E-state index >= 15 is 0 Å². The Morgan fingerprint density at radius 3 is 2.54 bits per heavy atom. The SMILES string of the molecule is COc1cc(CCN)cc(-c2cnn(-c3ccccc3)c2)c1OC. The van der Waals surface area contributed by atoms with E-state index in [4.69, 9.17) is 15.2 Å². The lowest BCUT2D eigenvalue weighted by Crippen LogP contribution is -2.04. The summed E-state index contributed by atoms with van der Waals surface area (Å²) in [5, 5.41) is 4.46. The van der Waals surface area contributed by atoms with E-state index in [1.807, 2.05) is 53.5 Å². The molecule has 3 aromatic rings. The minimum absolute atomic E-state index is 0.582. The molecule has 1 aromatic heterocycles. The van der Waals surface area contributed by atoms with Crippen LogP contribution in [0.5, 0.6) is 11.5 Å². The third kappa shape index (κ3) is 3.12. The second-order valence-corrected chi connectivity index (χ2v) is 5.43. The molecule has 0 fully saturated rings. The highest BCUT2D eigenvalue weighted by atomic mass is 16.5. The number of nitrogens with zero attached hydrogens (tertiary/aromatic N) is 2. The molecule has 1 heterocycles. The third-order valence-corrected chi connectivity index (χ3v) is 3.89. The average Bonchev–Trinajstić information content (AvgIpc) is 3.12. The van der Waals surface area contributed by atoms with Gasteiger partial charge in [0.2, 0.25) is 0 Å². The Balaban J connectivity index is 2.08. The highest BCUT2D eigenvalue weighted by Crippen LogP contribution is 2.39. The van der Waals surface area contributed by atoms with Gasteiger partial charge in [-0.05, 0) is 42.8 Å². The molecule has 2 N–H and O–H groups in total. The zero-order valence-corrected chi connectivity index (χ0v) is 13.9. The van der Waals surface area contributed by atoms with E-state index in [2.05, 4.69) is 11.2 Å². The van der Waals surface area contributed by atoms with Crippen LogP contribution < -0.4 is 15.2 Å². The van der Waals surface area contributed by atoms with Gasteiger partial charge in [-0.25, -0.2) is 4.68 Å². The van der Waals surface area contributed by atoms with Crippen molar-refractivity contribution < 1.29 is 9.47 Å². The van der Waals surface area contributed by atoms with Crippen LogP contribution in [-0.2, 0) is 6.42 Å². The van der Waals surface area contributed by atoms with E-state index in [0.717, 1.165) is 28.8 Å². The fourth-order valence-corrected chi connectivity index (χ4v) is 2.73. The number of aromatic nitrogens is 2. The molecule has 0 unspecified atom stereocenters. The van der Waals surface area contributed by atoms with Gasteiger partial charge in [0.25, 0.3) is 0 Å². The maximum Gasteiger partial charge on any atom is 0.168 e. The predicted octanol–water partition coefficient (Wildman–Crippen LogP) is 3.06. The molecule has 5 nitrogen and oxygen atoms in total. The lowest BCUT2D eigenvalue weighted by molar-refractivity contribution is 0.355. The molecule has 0 saturated carbocycles. The van der Waals surface area contributed by atoms with Crippen LogP contribution in [0.4, 0.5) is 0 Å². The molecule has 0 aliphatic heterocycles. The Labute approximate surface area is 141 Å². The molecule has 0 amide bonds. The van der Waals surface area contributed by atoms with Gasteiger partial charge in [0, 0.05) is 17.3 Å². The van der Waals surface area contributed by atoms with E-state index < -0.39 is 0 Å². The van der Waals surface area contributed by atoms with Crippen LogP contribution in [0.25, 0.3) is 16.8 Å². The number of methoxy groups -OCH3 is 2. The Kier molecular flexibility index (Phi) is 4.82. The molecular formula is C19H21N3O2. The van der Waals surface area contributed by atoms with Crippen molar-refractivity contribution in [2.75, 3.05) is 20.8 Å². The van der Waals surface area contributed by atoms with Crippen LogP contribution in [0.3, 0.4) is 0 Å². The van der Waals surface area contributed by atoms with Crippen LogP contribution in [0.15, 0.2) is 54.9 Å². The molecule has 0 aliphatic carbocycles. The first-order valence-electron chi connectivity index (χ1n) is 7.82. The predicted molar refractivity (Wildman–Crippen MR) is 94.9 cm³/mol. The molecule has 0 aliphatic rings. The van der Waals surface area contributed by atoms with Gasteiger partial charge in [-0.2, -0.15) is 5.10 Å². The molecule has 0 spiro atoms. The van der Waals surface area contributed by atoms with Gasteiger partial charge in [-0.1, -0.05) is 18.2 Å². The van der Waals surface area contributed by atoms with Crippen LogP contribution in [0.2, 0.25) is 0 Å². The van der Waals surface area contributed by atoms with Gasteiger partial charge in [0.1, 0.15) is 0 Å². The van der Waals surface area contributed by atoms with Gasteiger partial charge >= 0.3 is 0 Å². The first-order valence-corrected chi connectivity index (χ1v) is 7.82.